The molecule has 160 valence electrons. The predicted molar refractivity (Wildman–Crippen MR) is 116 cm³/mol. The normalized spacial score (nSPS) is 10.9. The first-order valence-corrected chi connectivity index (χ1v) is 9.97. The van der Waals surface area contributed by atoms with Gasteiger partial charge in [-0.25, -0.2) is 0 Å². The lowest BCUT2D eigenvalue weighted by Crippen LogP contribution is -2.23. The minimum atomic E-state index is -0.0830. The first kappa shape index (κ1) is 20.5. The highest BCUT2D eigenvalue weighted by Gasteiger charge is 2.18. The molecule has 0 atom stereocenters. The van der Waals surface area contributed by atoms with E-state index >= 15 is 0 Å². The summed E-state index contributed by atoms with van der Waals surface area (Å²) >= 11 is 0. The van der Waals surface area contributed by atoms with Crippen molar-refractivity contribution >= 4 is 16.8 Å². The van der Waals surface area contributed by atoms with E-state index in [1.165, 1.54) is 0 Å². The van der Waals surface area contributed by atoms with Crippen LogP contribution in [0.1, 0.15) is 23.7 Å². The molecule has 4 rings (SSSR count). The van der Waals surface area contributed by atoms with Crippen LogP contribution in [0.15, 0.2) is 47.0 Å². The predicted octanol–water partition coefficient (Wildman–Crippen LogP) is 3.79. The number of aromatic amines is 1. The summed E-state index contributed by atoms with van der Waals surface area (Å²) in [4.78, 5) is 20.1. The number of nitrogens with zero attached hydrogens (tertiary/aromatic N) is 2. The van der Waals surface area contributed by atoms with Gasteiger partial charge in [-0.05, 0) is 30.2 Å². The molecule has 0 aliphatic rings. The molecule has 2 aromatic carbocycles. The number of hydrogen-bond acceptors (Lipinski definition) is 6. The van der Waals surface area contributed by atoms with Crippen molar-refractivity contribution in [1.29, 1.82) is 0 Å². The van der Waals surface area contributed by atoms with E-state index in [0.717, 1.165) is 27.7 Å². The Hall–Kier alpha value is -3.81. The molecule has 8 heteroatoms. The molecule has 0 unspecified atom stereocenters. The van der Waals surface area contributed by atoms with Crippen molar-refractivity contribution < 1.29 is 18.8 Å². The van der Waals surface area contributed by atoms with Gasteiger partial charge in [0.15, 0.2) is 5.82 Å². The zero-order chi connectivity index (χ0) is 21.8. The lowest BCUT2D eigenvalue weighted by Gasteiger charge is -2.11. The van der Waals surface area contributed by atoms with E-state index in [4.69, 9.17) is 14.0 Å². The Kier molecular flexibility index (Phi) is 5.88. The van der Waals surface area contributed by atoms with Crippen molar-refractivity contribution in [3.63, 3.8) is 0 Å². The smallest absolute Gasteiger partial charge is 0.223 e. The van der Waals surface area contributed by atoms with Gasteiger partial charge in [-0.2, -0.15) is 4.98 Å². The fraction of sp³-hybridized carbons (Fsp3) is 0.261. The summed E-state index contributed by atoms with van der Waals surface area (Å²) in [6.07, 6.45) is 0.885. The maximum atomic E-state index is 12.5. The number of fused-ring (bicyclic) bond motifs is 1. The molecule has 2 N–H and O–H groups in total. The van der Waals surface area contributed by atoms with Gasteiger partial charge in [0.05, 0.1) is 26.5 Å². The minimum absolute atomic E-state index is 0.0830. The number of nitrogens with one attached hydrogen (secondary N) is 2. The molecule has 1 amide bonds. The molecule has 4 aromatic rings. The Labute approximate surface area is 179 Å². The molecule has 0 saturated heterocycles. The number of carbonyl (C=O) groups is 1. The van der Waals surface area contributed by atoms with Gasteiger partial charge in [-0.3, -0.25) is 4.79 Å². The van der Waals surface area contributed by atoms with Crippen molar-refractivity contribution in [1.82, 2.24) is 20.4 Å². The number of H-pyrrole nitrogens is 1. The number of aryl methyl sites for hydroxylation is 2. The second-order valence-corrected chi connectivity index (χ2v) is 7.10. The summed E-state index contributed by atoms with van der Waals surface area (Å²) in [6.45, 7) is 1.95. The number of carbonyl (C=O) groups excluding carboxylic acids is 1. The molecule has 0 saturated carbocycles. The van der Waals surface area contributed by atoms with Gasteiger partial charge < -0.3 is 24.3 Å². The molecule has 0 aliphatic carbocycles. The highest BCUT2D eigenvalue weighted by Crippen LogP contribution is 2.38. The van der Waals surface area contributed by atoms with Crippen molar-refractivity contribution in [2.24, 2.45) is 0 Å². The minimum Gasteiger partial charge on any atom is -0.497 e. The van der Waals surface area contributed by atoms with Crippen molar-refractivity contribution in [2.75, 3.05) is 14.2 Å². The SMILES string of the molecule is COc1ccc(-c2[nH]c3ccccc3c2CCC(=O)NCc2noc(C)n2)c(OC)c1. The van der Waals surface area contributed by atoms with Crippen LogP contribution >= 0.6 is 0 Å². The second kappa shape index (κ2) is 8.91. The van der Waals surface area contributed by atoms with E-state index in [9.17, 15) is 4.79 Å². The van der Waals surface area contributed by atoms with E-state index in [0.29, 0.717) is 36.1 Å². The number of amides is 1. The molecule has 0 fully saturated rings. The maximum Gasteiger partial charge on any atom is 0.223 e. The quantitative estimate of drug-likeness (QED) is 0.450. The summed E-state index contributed by atoms with van der Waals surface area (Å²) < 4.78 is 15.9. The standard InChI is InChI=1S/C23H24N4O4/c1-14-25-21(27-31-14)13-24-22(28)11-10-17-16-6-4-5-7-19(16)26-23(17)18-9-8-15(29-2)12-20(18)30-3/h4-9,12,26H,10-11,13H2,1-3H3,(H,24,28). The monoisotopic (exact) mass is 420 g/mol. The van der Waals surface area contributed by atoms with Crippen LogP contribution in [0.25, 0.3) is 22.2 Å². The molecule has 0 bridgehead atoms. The average Bonchev–Trinajstić information content (AvgIpc) is 3.38. The topological polar surface area (TPSA) is 102 Å². The van der Waals surface area contributed by atoms with Crippen LogP contribution < -0.4 is 14.8 Å². The average molecular weight is 420 g/mol. The van der Waals surface area contributed by atoms with Gasteiger partial charge in [0, 0.05) is 35.9 Å². The number of hydrogen-bond donors (Lipinski definition) is 2. The molecule has 0 spiro atoms. The van der Waals surface area contributed by atoms with E-state index in [1.807, 2.05) is 36.4 Å². The van der Waals surface area contributed by atoms with Crippen LogP contribution in [0.5, 0.6) is 11.5 Å². The first-order chi connectivity index (χ1) is 15.1. The van der Waals surface area contributed by atoms with Gasteiger partial charge in [0.1, 0.15) is 11.5 Å². The lowest BCUT2D eigenvalue weighted by molar-refractivity contribution is -0.121. The third kappa shape index (κ3) is 4.37. The molecule has 2 aromatic heterocycles. The van der Waals surface area contributed by atoms with Crippen molar-refractivity contribution in [2.45, 2.75) is 26.3 Å². The fourth-order valence-electron chi connectivity index (χ4n) is 3.61. The number of ether oxygens (including phenoxy) is 2. The Morgan fingerprint density at radius 3 is 2.74 bits per heavy atom. The number of methoxy groups -OCH3 is 2. The highest BCUT2D eigenvalue weighted by molar-refractivity contribution is 5.92. The lowest BCUT2D eigenvalue weighted by atomic mass is 10.00. The van der Waals surface area contributed by atoms with Crippen LogP contribution in [-0.2, 0) is 17.8 Å². The summed E-state index contributed by atoms with van der Waals surface area (Å²) in [5.74, 6) is 2.27. The molecule has 31 heavy (non-hydrogen) atoms. The Bertz CT molecular complexity index is 1210. The zero-order valence-electron chi connectivity index (χ0n) is 17.7. The molecule has 0 aliphatic heterocycles. The van der Waals surface area contributed by atoms with Crippen LogP contribution in [-0.4, -0.2) is 35.3 Å². The summed E-state index contributed by atoms with van der Waals surface area (Å²) in [5, 5.41) is 7.72. The number of benzene rings is 2. The van der Waals surface area contributed by atoms with Gasteiger partial charge in [-0.15, -0.1) is 0 Å². The second-order valence-electron chi connectivity index (χ2n) is 7.10. The maximum absolute atomic E-state index is 12.5. The summed E-state index contributed by atoms with van der Waals surface area (Å²) in [5.41, 5.74) is 3.91. The molecule has 2 heterocycles. The van der Waals surface area contributed by atoms with E-state index in [1.54, 1.807) is 21.1 Å². The van der Waals surface area contributed by atoms with Crippen LogP contribution in [0.2, 0.25) is 0 Å². The van der Waals surface area contributed by atoms with Gasteiger partial charge in [0.25, 0.3) is 0 Å². The molecular formula is C23H24N4O4. The van der Waals surface area contributed by atoms with Gasteiger partial charge >= 0.3 is 0 Å². The Morgan fingerprint density at radius 2 is 2.00 bits per heavy atom. The number of rotatable bonds is 8. The van der Waals surface area contributed by atoms with Crippen LogP contribution in [0.3, 0.4) is 0 Å². The molecule has 8 nitrogen and oxygen atoms in total. The molecule has 0 radical (unpaired) electrons. The van der Waals surface area contributed by atoms with Crippen LogP contribution in [0, 0.1) is 6.92 Å². The third-order valence-electron chi connectivity index (χ3n) is 5.11. The fourth-order valence-corrected chi connectivity index (χ4v) is 3.61. The molecular weight excluding hydrogens is 396 g/mol. The van der Waals surface area contributed by atoms with Crippen molar-refractivity contribution in [3.05, 3.63) is 59.7 Å². The summed E-state index contributed by atoms with van der Waals surface area (Å²) in [7, 11) is 3.25. The first-order valence-electron chi connectivity index (χ1n) is 9.97. The Morgan fingerprint density at radius 1 is 1.16 bits per heavy atom. The van der Waals surface area contributed by atoms with E-state index in [-0.39, 0.29) is 12.5 Å². The van der Waals surface area contributed by atoms with Crippen LogP contribution in [0.4, 0.5) is 0 Å². The zero-order valence-corrected chi connectivity index (χ0v) is 17.7. The number of aromatic nitrogens is 3. The van der Waals surface area contributed by atoms with Gasteiger partial charge in [0.2, 0.25) is 11.8 Å². The largest absolute Gasteiger partial charge is 0.497 e. The van der Waals surface area contributed by atoms with Crippen molar-refractivity contribution in [3.8, 4) is 22.8 Å². The third-order valence-corrected chi connectivity index (χ3v) is 5.11. The van der Waals surface area contributed by atoms with E-state index in [2.05, 4.69) is 26.5 Å². The summed E-state index contributed by atoms with van der Waals surface area (Å²) in [6, 6.07) is 13.8. The highest BCUT2D eigenvalue weighted by atomic mass is 16.5. The number of para-hydroxylation sites is 1. The Balaban J connectivity index is 1.59. The van der Waals surface area contributed by atoms with E-state index < -0.39 is 0 Å². The van der Waals surface area contributed by atoms with Gasteiger partial charge in [-0.1, -0.05) is 23.4 Å².